The molecule has 0 aliphatic rings. The summed E-state index contributed by atoms with van der Waals surface area (Å²) in [5.41, 5.74) is -0.613. The summed E-state index contributed by atoms with van der Waals surface area (Å²) in [4.78, 5) is 23.7. The summed E-state index contributed by atoms with van der Waals surface area (Å²) in [5, 5.41) is 2.11. The molecular formula is C20H20F3NO5. The van der Waals surface area contributed by atoms with Crippen LogP contribution in [0.15, 0.2) is 42.5 Å². The van der Waals surface area contributed by atoms with Gasteiger partial charge in [-0.05, 0) is 36.2 Å². The third kappa shape index (κ3) is 6.70. The number of ether oxygens (including phenoxy) is 3. The number of nitrogens with one attached hydrogen (secondary N) is 1. The standard InChI is InChI=1S/C20H20F3NO5/c1-27-14-9-13(10-15(11-14)28-2)7-8-19(26)29-12-18(25)24-17-6-4-3-5-16(17)20(21,22)23/h3-6,9-11H,7-8,12H2,1-2H3,(H,24,25). The van der Waals surface area contributed by atoms with Gasteiger partial charge in [-0.3, -0.25) is 9.59 Å². The number of para-hydroxylation sites is 1. The van der Waals surface area contributed by atoms with Crippen LogP contribution < -0.4 is 14.8 Å². The molecule has 1 amide bonds. The fourth-order valence-corrected chi connectivity index (χ4v) is 2.50. The van der Waals surface area contributed by atoms with E-state index >= 15 is 0 Å². The third-order valence-electron chi connectivity index (χ3n) is 3.90. The van der Waals surface area contributed by atoms with Crippen molar-refractivity contribution in [1.29, 1.82) is 0 Å². The van der Waals surface area contributed by atoms with Gasteiger partial charge in [0.1, 0.15) is 11.5 Å². The van der Waals surface area contributed by atoms with Crippen molar-refractivity contribution in [2.45, 2.75) is 19.0 Å². The van der Waals surface area contributed by atoms with Gasteiger partial charge in [-0.25, -0.2) is 0 Å². The Morgan fingerprint density at radius 3 is 2.21 bits per heavy atom. The number of hydrogen-bond donors (Lipinski definition) is 1. The van der Waals surface area contributed by atoms with Crippen LogP contribution in [0, 0.1) is 0 Å². The van der Waals surface area contributed by atoms with Crippen LogP contribution >= 0.6 is 0 Å². The summed E-state index contributed by atoms with van der Waals surface area (Å²) in [6, 6.07) is 9.70. The van der Waals surface area contributed by atoms with Gasteiger partial charge in [0.25, 0.3) is 5.91 Å². The lowest BCUT2D eigenvalue weighted by molar-refractivity contribution is -0.147. The van der Waals surface area contributed by atoms with Gasteiger partial charge >= 0.3 is 12.1 Å². The monoisotopic (exact) mass is 411 g/mol. The molecule has 0 fully saturated rings. The maximum absolute atomic E-state index is 12.9. The first-order valence-electron chi connectivity index (χ1n) is 8.56. The molecule has 1 N–H and O–H groups in total. The van der Waals surface area contributed by atoms with Gasteiger partial charge in [-0.15, -0.1) is 0 Å². The van der Waals surface area contributed by atoms with Gasteiger partial charge in [0.05, 0.1) is 25.5 Å². The molecule has 156 valence electrons. The quantitative estimate of drug-likeness (QED) is 0.669. The number of aryl methyl sites for hydroxylation is 1. The van der Waals surface area contributed by atoms with E-state index < -0.39 is 35.9 Å². The molecule has 0 radical (unpaired) electrons. The minimum absolute atomic E-state index is 0.0251. The lowest BCUT2D eigenvalue weighted by Crippen LogP contribution is -2.22. The summed E-state index contributed by atoms with van der Waals surface area (Å²) in [6.07, 6.45) is -4.33. The van der Waals surface area contributed by atoms with Crippen molar-refractivity contribution in [3.05, 3.63) is 53.6 Å². The number of rotatable bonds is 8. The molecule has 0 aliphatic heterocycles. The van der Waals surface area contributed by atoms with E-state index in [1.54, 1.807) is 18.2 Å². The molecule has 0 heterocycles. The van der Waals surface area contributed by atoms with E-state index in [1.165, 1.54) is 26.4 Å². The zero-order valence-electron chi connectivity index (χ0n) is 15.8. The van der Waals surface area contributed by atoms with Gasteiger partial charge in [0.15, 0.2) is 6.61 Å². The number of alkyl halides is 3. The Labute approximate surface area is 165 Å². The van der Waals surface area contributed by atoms with E-state index in [-0.39, 0.29) is 6.42 Å². The number of amides is 1. The molecule has 2 aromatic carbocycles. The Bertz CT molecular complexity index is 845. The third-order valence-corrected chi connectivity index (χ3v) is 3.90. The van der Waals surface area contributed by atoms with Crippen LogP contribution in [-0.4, -0.2) is 32.7 Å². The highest BCUT2D eigenvalue weighted by atomic mass is 19.4. The molecule has 29 heavy (non-hydrogen) atoms. The topological polar surface area (TPSA) is 73.9 Å². The molecule has 0 saturated heterocycles. The first-order valence-corrected chi connectivity index (χ1v) is 8.56. The summed E-state index contributed by atoms with van der Waals surface area (Å²) in [6.45, 7) is -0.688. The highest BCUT2D eigenvalue weighted by Crippen LogP contribution is 2.34. The fourth-order valence-electron chi connectivity index (χ4n) is 2.50. The molecule has 2 aromatic rings. The number of halogens is 3. The predicted octanol–water partition coefficient (Wildman–Crippen LogP) is 3.84. The number of hydrogen-bond acceptors (Lipinski definition) is 5. The van der Waals surface area contributed by atoms with E-state index in [9.17, 15) is 22.8 Å². The van der Waals surface area contributed by atoms with Crippen molar-refractivity contribution in [2.75, 3.05) is 26.1 Å². The second kappa shape index (κ2) is 9.81. The van der Waals surface area contributed by atoms with Crippen molar-refractivity contribution in [1.82, 2.24) is 0 Å². The van der Waals surface area contributed by atoms with Crippen LogP contribution in [0.1, 0.15) is 17.5 Å². The predicted molar refractivity (Wildman–Crippen MR) is 98.9 cm³/mol. The second-order valence-electron chi connectivity index (χ2n) is 5.97. The van der Waals surface area contributed by atoms with Crippen LogP contribution in [-0.2, 0) is 26.9 Å². The summed E-state index contributed by atoms with van der Waals surface area (Å²) in [7, 11) is 3.00. The van der Waals surface area contributed by atoms with Gasteiger partial charge < -0.3 is 19.5 Å². The average Bonchev–Trinajstić information content (AvgIpc) is 2.70. The SMILES string of the molecule is COc1cc(CCC(=O)OCC(=O)Nc2ccccc2C(F)(F)F)cc(OC)c1. The molecule has 9 heteroatoms. The Morgan fingerprint density at radius 2 is 1.62 bits per heavy atom. The Kier molecular flexibility index (Phi) is 7.46. The van der Waals surface area contributed by atoms with Crippen molar-refractivity contribution in [3.8, 4) is 11.5 Å². The number of carbonyl (C=O) groups is 2. The Hall–Kier alpha value is -3.23. The maximum Gasteiger partial charge on any atom is 0.418 e. The lowest BCUT2D eigenvalue weighted by Gasteiger charge is -2.13. The number of methoxy groups -OCH3 is 2. The Morgan fingerprint density at radius 1 is 1.00 bits per heavy atom. The van der Waals surface area contributed by atoms with Crippen LogP contribution in [0.3, 0.4) is 0 Å². The molecule has 0 aromatic heterocycles. The van der Waals surface area contributed by atoms with Crippen LogP contribution in [0.2, 0.25) is 0 Å². The summed E-state index contributed by atoms with van der Waals surface area (Å²) >= 11 is 0. The Balaban J connectivity index is 1.86. The van der Waals surface area contributed by atoms with Crippen molar-refractivity contribution >= 4 is 17.6 Å². The largest absolute Gasteiger partial charge is 0.497 e. The van der Waals surface area contributed by atoms with Crippen LogP contribution in [0.4, 0.5) is 18.9 Å². The van der Waals surface area contributed by atoms with E-state index in [4.69, 9.17) is 14.2 Å². The minimum Gasteiger partial charge on any atom is -0.497 e. The minimum atomic E-state index is -4.61. The molecule has 0 unspecified atom stereocenters. The van der Waals surface area contributed by atoms with Gasteiger partial charge in [-0.2, -0.15) is 13.2 Å². The molecule has 0 bridgehead atoms. The van der Waals surface area contributed by atoms with E-state index in [0.717, 1.165) is 17.7 Å². The molecule has 2 rings (SSSR count). The normalized spacial score (nSPS) is 10.9. The number of benzene rings is 2. The van der Waals surface area contributed by atoms with Gasteiger partial charge in [0.2, 0.25) is 0 Å². The zero-order valence-corrected chi connectivity index (χ0v) is 15.8. The number of anilines is 1. The highest BCUT2D eigenvalue weighted by molar-refractivity contribution is 5.93. The molecule has 0 spiro atoms. The molecule has 0 saturated carbocycles. The number of carbonyl (C=O) groups excluding carboxylic acids is 2. The first-order chi connectivity index (χ1) is 13.7. The smallest absolute Gasteiger partial charge is 0.418 e. The van der Waals surface area contributed by atoms with Crippen LogP contribution in [0.5, 0.6) is 11.5 Å². The number of esters is 1. The highest BCUT2D eigenvalue weighted by Gasteiger charge is 2.33. The van der Waals surface area contributed by atoms with Gasteiger partial charge in [0, 0.05) is 12.5 Å². The average molecular weight is 411 g/mol. The summed E-state index contributed by atoms with van der Waals surface area (Å²) in [5.74, 6) is -0.394. The fraction of sp³-hybridized carbons (Fsp3) is 0.300. The van der Waals surface area contributed by atoms with Crippen molar-refractivity contribution in [2.24, 2.45) is 0 Å². The molecule has 6 nitrogen and oxygen atoms in total. The summed E-state index contributed by atoms with van der Waals surface area (Å²) < 4.78 is 53.9. The van der Waals surface area contributed by atoms with Crippen molar-refractivity contribution in [3.63, 3.8) is 0 Å². The lowest BCUT2D eigenvalue weighted by atomic mass is 10.1. The maximum atomic E-state index is 12.9. The first kappa shape index (κ1) is 22.1. The molecule has 0 aliphatic carbocycles. The second-order valence-corrected chi connectivity index (χ2v) is 5.97. The van der Waals surface area contributed by atoms with Crippen molar-refractivity contribution < 1.29 is 37.0 Å². The van der Waals surface area contributed by atoms with E-state index in [0.29, 0.717) is 17.9 Å². The zero-order chi connectivity index (χ0) is 21.4. The molecular weight excluding hydrogens is 391 g/mol. The van der Waals surface area contributed by atoms with E-state index in [1.807, 2.05) is 0 Å². The van der Waals surface area contributed by atoms with Crippen LogP contribution in [0.25, 0.3) is 0 Å². The molecule has 0 atom stereocenters. The van der Waals surface area contributed by atoms with E-state index in [2.05, 4.69) is 5.32 Å². The van der Waals surface area contributed by atoms with Gasteiger partial charge in [-0.1, -0.05) is 12.1 Å².